The van der Waals surface area contributed by atoms with Gasteiger partial charge in [-0.25, -0.2) is 4.98 Å². The number of amides is 2. The highest BCUT2D eigenvalue weighted by molar-refractivity contribution is 6.11. The summed E-state index contributed by atoms with van der Waals surface area (Å²) >= 11 is 0. The van der Waals surface area contributed by atoms with Gasteiger partial charge in [0.2, 0.25) is 11.8 Å². The standard InChI is InChI=1S/C20H16N4O3/c25-18(23-12-14-6-3-4-10-21-14)13-24-16-8-1-2-9-17(16)27-19-15(20(24)26)7-5-11-22-19/h1-11H,12-13H2,(H,23,25). The molecule has 0 unspecified atom stereocenters. The Hall–Kier alpha value is -3.74. The average Bonchev–Trinajstić information content (AvgIpc) is 2.82. The number of nitrogens with zero attached hydrogens (tertiary/aromatic N) is 3. The second kappa shape index (κ2) is 7.25. The van der Waals surface area contributed by atoms with Crippen molar-refractivity contribution in [1.29, 1.82) is 0 Å². The van der Waals surface area contributed by atoms with Crippen LogP contribution in [0.1, 0.15) is 16.1 Å². The largest absolute Gasteiger partial charge is 0.436 e. The van der Waals surface area contributed by atoms with E-state index < -0.39 is 0 Å². The van der Waals surface area contributed by atoms with Crippen LogP contribution in [0.2, 0.25) is 0 Å². The van der Waals surface area contributed by atoms with E-state index in [1.807, 2.05) is 18.2 Å². The van der Waals surface area contributed by atoms with Crippen LogP contribution in [0.25, 0.3) is 0 Å². The quantitative estimate of drug-likeness (QED) is 0.773. The Morgan fingerprint density at radius 2 is 1.81 bits per heavy atom. The maximum absolute atomic E-state index is 13.0. The Morgan fingerprint density at radius 3 is 2.67 bits per heavy atom. The molecule has 0 saturated carbocycles. The number of anilines is 1. The third-order valence-electron chi connectivity index (χ3n) is 4.10. The van der Waals surface area contributed by atoms with Crippen molar-refractivity contribution in [3.05, 3.63) is 78.2 Å². The SMILES string of the molecule is O=C(CN1C(=O)c2cccnc2Oc2ccccc21)NCc1ccccn1. The van der Waals surface area contributed by atoms with Gasteiger partial charge in [-0.15, -0.1) is 0 Å². The molecule has 4 rings (SSSR count). The van der Waals surface area contributed by atoms with Gasteiger partial charge in [-0.05, 0) is 36.4 Å². The summed E-state index contributed by atoms with van der Waals surface area (Å²) < 4.78 is 5.80. The van der Waals surface area contributed by atoms with Gasteiger partial charge in [0.05, 0.1) is 17.9 Å². The monoisotopic (exact) mass is 360 g/mol. The molecule has 3 aromatic rings. The van der Waals surface area contributed by atoms with Gasteiger partial charge < -0.3 is 10.1 Å². The van der Waals surface area contributed by atoms with Gasteiger partial charge in [-0.1, -0.05) is 18.2 Å². The number of hydrogen-bond donors (Lipinski definition) is 1. The molecule has 7 nitrogen and oxygen atoms in total. The zero-order chi connectivity index (χ0) is 18.6. The normalized spacial score (nSPS) is 12.4. The lowest BCUT2D eigenvalue weighted by Crippen LogP contribution is -2.40. The van der Waals surface area contributed by atoms with Crippen LogP contribution in [-0.4, -0.2) is 28.3 Å². The van der Waals surface area contributed by atoms with Crippen molar-refractivity contribution in [2.75, 3.05) is 11.4 Å². The summed E-state index contributed by atoms with van der Waals surface area (Å²) in [5, 5.41) is 2.79. The van der Waals surface area contributed by atoms with Gasteiger partial charge in [0.1, 0.15) is 12.1 Å². The van der Waals surface area contributed by atoms with Crippen molar-refractivity contribution in [2.45, 2.75) is 6.54 Å². The first-order chi connectivity index (χ1) is 13.2. The summed E-state index contributed by atoms with van der Waals surface area (Å²) in [6.45, 7) is 0.151. The van der Waals surface area contributed by atoms with Crippen molar-refractivity contribution < 1.29 is 14.3 Å². The molecule has 134 valence electrons. The molecule has 3 heterocycles. The number of para-hydroxylation sites is 2. The minimum Gasteiger partial charge on any atom is -0.436 e. The maximum atomic E-state index is 13.0. The van der Waals surface area contributed by atoms with E-state index in [0.717, 1.165) is 5.69 Å². The van der Waals surface area contributed by atoms with E-state index in [-0.39, 0.29) is 30.8 Å². The van der Waals surface area contributed by atoms with E-state index in [0.29, 0.717) is 17.0 Å². The molecule has 0 aliphatic carbocycles. The summed E-state index contributed by atoms with van der Waals surface area (Å²) in [6, 6.07) is 15.9. The zero-order valence-electron chi connectivity index (χ0n) is 14.3. The summed E-state index contributed by atoms with van der Waals surface area (Å²) in [5.74, 6) is 0.0688. The number of aromatic nitrogens is 2. The number of benzene rings is 1. The molecule has 1 N–H and O–H groups in total. The smallest absolute Gasteiger partial charge is 0.264 e. The van der Waals surface area contributed by atoms with Gasteiger partial charge in [-0.2, -0.15) is 0 Å². The molecule has 0 radical (unpaired) electrons. The molecule has 1 aliphatic heterocycles. The number of ether oxygens (including phenoxy) is 1. The highest BCUT2D eigenvalue weighted by atomic mass is 16.5. The lowest BCUT2D eigenvalue weighted by Gasteiger charge is -2.21. The summed E-state index contributed by atoms with van der Waals surface area (Å²) in [4.78, 5) is 35.2. The number of nitrogens with one attached hydrogen (secondary N) is 1. The lowest BCUT2D eigenvalue weighted by molar-refractivity contribution is -0.119. The zero-order valence-corrected chi connectivity index (χ0v) is 14.3. The summed E-state index contributed by atoms with van der Waals surface area (Å²) in [7, 11) is 0. The Bertz CT molecular complexity index is 991. The Kier molecular flexibility index (Phi) is 4.49. The fourth-order valence-corrected chi connectivity index (χ4v) is 2.81. The van der Waals surface area contributed by atoms with Crippen LogP contribution >= 0.6 is 0 Å². The lowest BCUT2D eigenvalue weighted by atomic mass is 10.2. The van der Waals surface area contributed by atoms with Crippen LogP contribution in [0.4, 0.5) is 5.69 Å². The predicted octanol–water partition coefficient (Wildman–Crippen LogP) is 2.55. The van der Waals surface area contributed by atoms with E-state index >= 15 is 0 Å². The number of carbonyl (C=O) groups is 2. The number of rotatable bonds is 4. The average molecular weight is 360 g/mol. The van der Waals surface area contributed by atoms with Gasteiger partial charge in [0.25, 0.3) is 5.91 Å². The summed E-state index contributed by atoms with van der Waals surface area (Å²) in [5.41, 5.74) is 1.58. The van der Waals surface area contributed by atoms with Crippen molar-refractivity contribution in [1.82, 2.24) is 15.3 Å². The molecule has 7 heteroatoms. The minimum atomic E-state index is -0.337. The Balaban J connectivity index is 1.59. The van der Waals surface area contributed by atoms with Crippen LogP contribution in [-0.2, 0) is 11.3 Å². The van der Waals surface area contributed by atoms with E-state index in [9.17, 15) is 9.59 Å². The van der Waals surface area contributed by atoms with Crippen LogP contribution in [0.5, 0.6) is 11.6 Å². The van der Waals surface area contributed by atoms with Gasteiger partial charge >= 0.3 is 0 Å². The second-order valence-electron chi connectivity index (χ2n) is 5.92. The fourth-order valence-electron chi connectivity index (χ4n) is 2.81. The number of pyridine rings is 2. The molecule has 0 saturated heterocycles. The first kappa shape index (κ1) is 16.7. The van der Waals surface area contributed by atoms with Crippen LogP contribution in [0.3, 0.4) is 0 Å². The Labute approximate surface area is 155 Å². The van der Waals surface area contributed by atoms with Crippen molar-refractivity contribution in [3.63, 3.8) is 0 Å². The van der Waals surface area contributed by atoms with E-state index in [2.05, 4.69) is 15.3 Å². The van der Waals surface area contributed by atoms with E-state index in [1.54, 1.807) is 48.8 Å². The van der Waals surface area contributed by atoms with Gasteiger partial charge in [0, 0.05) is 12.4 Å². The highest BCUT2D eigenvalue weighted by Crippen LogP contribution is 2.37. The molecule has 0 bridgehead atoms. The number of carbonyl (C=O) groups excluding carboxylic acids is 2. The molecular weight excluding hydrogens is 344 g/mol. The third kappa shape index (κ3) is 3.48. The Morgan fingerprint density at radius 1 is 1.00 bits per heavy atom. The number of hydrogen-bond acceptors (Lipinski definition) is 5. The third-order valence-corrected chi connectivity index (χ3v) is 4.10. The predicted molar refractivity (Wildman–Crippen MR) is 98.5 cm³/mol. The van der Waals surface area contributed by atoms with Crippen LogP contribution in [0.15, 0.2) is 67.0 Å². The minimum absolute atomic E-state index is 0.139. The first-order valence-electron chi connectivity index (χ1n) is 8.43. The molecule has 2 amide bonds. The molecular formula is C20H16N4O3. The van der Waals surface area contributed by atoms with E-state index in [1.165, 1.54) is 4.90 Å². The molecule has 27 heavy (non-hydrogen) atoms. The topological polar surface area (TPSA) is 84.4 Å². The molecule has 1 aromatic carbocycles. The van der Waals surface area contributed by atoms with Crippen molar-refractivity contribution in [3.8, 4) is 11.6 Å². The van der Waals surface area contributed by atoms with Gasteiger partial charge in [-0.3, -0.25) is 19.5 Å². The van der Waals surface area contributed by atoms with Crippen molar-refractivity contribution in [2.24, 2.45) is 0 Å². The van der Waals surface area contributed by atoms with Crippen molar-refractivity contribution >= 4 is 17.5 Å². The highest BCUT2D eigenvalue weighted by Gasteiger charge is 2.30. The molecule has 1 aliphatic rings. The van der Waals surface area contributed by atoms with Crippen LogP contribution < -0.4 is 15.0 Å². The maximum Gasteiger partial charge on any atom is 0.264 e. The second-order valence-corrected chi connectivity index (χ2v) is 5.92. The number of fused-ring (bicyclic) bond motifs is 2. The molecule has 2 aromatic heterocycles. The fraction of sp³-hybridized carbons (Fsp3) is 0.100. The van der Waals surface area contributed by atoms with Gasteiger partial charge in [0.15, 0.2) is 5.75 Å². The first-order valence-corrected chi connectivity index (χ1v) is 8.43. The molecule has 0 spiro atoms. The summed E-state index contributed by atoms with van der Waals surface area (Å²) in [6.07, 6.45) is 3.22. The van der Waals surface area contributed by atoms with Crippen LogP contribution in [0, 0.1) is 0 Å². The van der Waals surface area contributed by atoms with E-state index in [4.69, 9.17) is 4.74 Å². The molecule has 0 fully saturated rings. The molecule has 0 atom stereocenters.